The zero-order valence-corrected chi connectivity index (χ0v) is 16.9. The molecule has 0 radical (unpaired) electrons. The van der Waals surface area contributed by atoms with E-state index in [9.17, 15) is 0 Å². The standard InChI is InChI=1S/C22H23N3O2S/c1-4-11-25-21(20-13-26-18-7-5-6-8-19(18)27-20)23-24-22(25)28-14-17-12-15(2)9-10-16(17)3/h4-10,12,20H,1,11,13-14H2,2-3H3. The zero-order chi connectivity index (χ0) is 19.5. The van der Waals surface area contributed by atoms with Gasteiger partial charge in [-0.1, -0.05) is 53.7 Å². The van der Waals surface area contributed by atoms with Gasteiger partial charge in [-0.15, -0.1) is 16.8 Å². The van der Waals surface area contributed by atoms with Crippen molar-refractivity contribution in [3.63, 3.8) is 0 Å². The molecule has 1 atom stereocenters. The summed E-state index contributed by atoms with van der Waals surface area (Å²) in [5.74, 6) is 3.10. The second-order valence-electron chi connectivity index (χ2n) is 6.82. The number of nitrogens with zero attached hydrogens (tertiary/aromatic N) is 3. The zero-order valence-electron chi connectivity index (χ0n) is 16.1. The number of para-hydroxylation sites is 2. The van der Waals surface area contributed by atoms with E-state index in [1.54, 1.807) is 11.8 Å². The molecule has 0 amide bonds. The van der Waals surface area contributed by atoms with Crippen LogP contribution in [0.25, 0.3) is 0 Å². The van der Waals surface area contributed by atoms with Crippen LogP contribution in [-0.2, 0) is 12.3 Å². The van der Waals surface area contributed by atoms with Gasteiger partial charge in [0.1, 0.15) is 6.61 Å². The topological polar surface area (TPSA) is 49.2 Å². The number of thioether (sulfide) groups is 1. The molecule has 2 heterocycles. The fourth-order valence-corrected chi connectivity index (χ4v) is 4.21. The molecule has 144 valence electrons. The van der Waals surface area contributed by atoms with Crippen LogP contribution >= 0.6 is 11.8 Å². The molecule has 5 nitrogen and oxygen atoms in total. The van der Waals surface area contributed by atoms with Crippen LogP contribution in [0.1, 0.15) is 28.6 Å². The van der Waals surface area contributed by atoms with Crippen molar-refractivity contribution in [1.82, 2.24) is 14.8 Å². The largest absolute Gasteiger partial charge is 0.485 e. The van der Waals surface area contributed by atoms with Crippen LogP contribution in [0.15, 0.2) is 60.3 Å². The number of benzene rings is 2. The second-order valence-corrected chi connectivity index (χ2v) is 7.77. The number of fused-ring (bicyclic) bond motifs is 1. The van der Waals surface area contributed by atoms with E-state index >= 15 is 0 Å². The highest BCUT2D eigenvalue weighted by molar-refractivity contribution is 7.98. The van der Waals surface area contributed by atoms with Gasteiger partial charge in [0.15, 0.2) is 28.6 Å². The maximum absolute atomic E-state index is 6.12. The number of aryl methyl sites for hydroxylation is 2. The van der Waals surface area contributed by atoms with Gasteiger partial charge in [0.25, 0.3) is 0 Å². The third kappa shape index (κ3) is 3.78. The predicted octanol–water partition coefficient (Wildman–Crippen LogP) is 4.89. The van der Waals surface area contributed by atoms with E-state index in [0.717, 1.165) is 28.2 Å². The molecule has 2 aromatic carbocycles. The fourth-order valence-electron chi connectivity index (χ4n) is 3.19. The summed E-state index contributed by atoms with van der Waals surface area (Å²) >= 11 is 1.68. The lowest BCUT2D eigenvalue weighted by atomic mass is 10.1. The average molecular weight is 394 g/mol. The van der Waals surface area contributed by atoms with Gasteiger partial charge >= 0.3 is 0 Å². The normalized spacial score (nSPS) is 15.4. The van der Waals surface area contributed by atoms with E-state index in [1.165, 1.54) is 16.7 Å². The molecule has 0 N–H and O–H groups in total. The third-order valence-corrected chi connectivity index (χ3v) is 5.73. The van der Waals surface area contributed by atoms with E-state index < -0.39 is 0 Å². The SMILES string of the molecule is C=CCn1c(SCc2cc(C)ccc2C)nnc1C1COc2ccccc2O1. The molecule has 1 aliphatic rings. The van der Waals surface area contributed by atoms with Crippen molar-refractivity contribution in [2.75, 3.05) is 6.61 Å². The summed E-state index contributed by atoms with van der Waals surface area (Å²) in [6.45, 7) is 9.17. The summed E-state index contributed by atoms with van der Waals surface area (Å²) in [6, 6.07) is 14.2. The molecule has 1 aromatic heterocycles. The van der Waals surface area contributed by atoms with Gasteiger partial charge in [0.2, 0.25) is 0 Å². The van der Waals surface area contributed by atoms with Gasteiger partial charge < -0.3 is 9.47 Å². The molecule has 0 saturated heterocycles. The molecule has 0 saturated carbocycles. The first-order valence-corrected chi connectivity index (χ1v) is 10.3. The van der Waals surface area contributed by atoms with Gasteiger partial charge in [-0.2, -0.15) is 0 Å². The first kappa shape index (κ1) is 18.6. The Labute approximate surface area is 169 Å². The van der Waals surface area contributed by atoms with Crippen molar-refractivity contribution in [2.45, 2.75) is 37.4 Å². The van der Waals surface area contributed by atoms with Crippen LogP contribution < -0.4 is 9.47 Å². The highest BCUT2D eigenvalue weighted by Gasteiger charge is 2.28. The lowest BCUT2D eigenvalue weighted by Crippen LogP contribution is -2.25. The Morgan fingerprint density at radius 3 is 2.82 bits per heavy atom. The lowest BCUT2D eigenvalue weighted by Gasteiger charge is -2.26. The van der Waals surface area contributed by atoms with Gasteiger partial charge in [0, 0.05) is 12.3 Å². The lowest BCUT2D eigenvalue weighted by molar-refractivity contribution is 0.0821. The summed E-state index contributed by atoms with van der Waals surface area (Å²) in [5, 5.41) is 9.71. The van der Waals surface area contributed by atoms with E-state index in [0.29, 0.717) is 13.2 Å². The van der Waals surface area contributed by atoms with Crippen LogP contribution in [0.5, 0.6) is 11.5 Å². The second kappa shape index (κ2) is 8.10. The van der Waals surface area contributed by atoms with E-state index in [-0.39, 0.29) is 6.10 Å². The number of aromatic nitrogens is 3. The molecule has 1 aliphatic heterocycles. The summed E-state index contributed by atoms with van der Waals surface area (Å²) in [7, 11) is 0. The molecule has 0 spiro atoms. The summed E-state index contributed by atoms with van der Waals surface area (Å²) in [4.78, 5) is 0. The molecule has 6 heteroatoms. The van der Waals surface area contributed by atoms with Gasteiger partial charge in [0.05, 0.1) is 0 Å². The Bertz CT molecular complexity index is 999. The maximum atomic E-state index is 6.12. The summed E-state index contributed by atoms with van der Waals surface area (Å²) in [5.41, 5.74) is 3.86. The summed E-state index contributed by atoms with van der Waals surface area (Å²) < 4.78 is 14.0. The Morgan fingerprint density at radius 2 is 2.00 bits per heavy atom. The van der Waals surface area contributed by atoms with Crippen molar-refractivity contribution in [3.05, 3.63) is 77.6 Å². The summed E-state index contributed by atoms with van der Waals surface area (Å²) in [6.07, 6.45) is 1.56. The quantitative estimate of drug-likeness (QED) is 0.441. The third-order valence-electron chi connectivity index (χ3n) is 4.72. The number of ether oxygens (including phenoxy) is 2. The first-order valence-electron chi connectivity index (χ1n) is 9.27. The molecule has 0 bridgehead atoms. The van der Waals surface area contributed by atoms with Crippen molar-refractivity contribution in [2.24, 2.45) is 0 Å². The Hall–Kier alpha value is -2.73. The van der Waals surface area contributed by atoms with E-state index in [4.69, 9.17) is 9.47 Å². The molecule has 1 unspecified atom stereocenters. The minimum Gasteiger partial charge on any atom is -0.485 e. The van der Waals surface area contributed by atoms with Crippen LogP contribution in [-0.4, -0.2) is 21.4 Å². The monoisotopic (exact) mass is 393 g/mol. The van der Waals surface area contributed by atoms with Gasteiger partial charge in [-0.05, 0) is 37.1 Å². The van der Waals surface area contributed by atoms with E-state index in [1.807, 2.05) is 30.3 Å². The molecule has 3 aromatic rings. The predicted molar refractivity (Wildman–Crippen MR) is 111 cm³/mol. The Kier molecular flexibility index (Phi) is 5.39. The molecule has 28 heavy (non-hydrogen) atoms. The first-order chi connectivity index (χ1) is 13.7. The van der Waals surface area contributed by atoms with E-state index in [2.05, 4.69) is 53.4 Å². The van der Waals surface area contributed by atoms with Crippen LogP contribution in [0.4, 0.5) is 0 Å². The minimum atomic E-state index is -0.294. The highest BCUT2D eigenvalue weighted by atomic mass is 32.2. The number of allylic oxidation sites excluding steroid dienone is 1. The van der Waals surface area contributed by atoms with Crippen molar-refractivity contribution >= 4 is 11.8 Å². The van der Waals surface area contributed by atoms with Gasteiger partial charge in [-0.25, -0.2) is 0 Å². The van der Waals surface area contributed by atoms with Crippen molar-refractivity contribution in [1.29, 1.82) is 0 Å². The van der Waals surface area contributed by atoms with Crippen LogP contribution in [0, 0.1) is 13.8 Å². The fraction of sp³-hybridized carbons (Fsp3) is 0.273. The Morgan fingerprint density at radius 1 is 1.18 bits per heavy atom. The number of hydrogen-bond donors (Lipinski definition) is 0. The van der Waals surface area contributed by atoms with Crippen molar-refractivity contribution in [3.8, 4) is 11.5 Å². The number of hydrogen-bond acceptors (Lipinski definition) is 5. The molecule has 0 fully saturated rings. The maximum Gasteiger partial charge on any atom is 0.192 e. The van der Waals surface area contributed by atoms with Crippen LogP contribution in [0.2, 0.25) is 0 Å². The number of rotatable bonds is 6. The smallest absolute Gasteiger partial charge is 0.192 e. The molecular formula is C22H23N3O2S. The average Bonchev–Trinajstić information content (AvgIpc) is 3.11. The highest BCUT2D eigenvalue weighted by Crippen LogP contribution is 2.36. The van der Waals surface area contributed by atoms with Crippen molar-refractivity contribution < 1.29 is 9.47 Å². The van der Waals surface area contributed by atoms with Gasteiger partial charge in [-0.3, -0.25) is 4.57 Å². The molecule has 0 aliphatic carbocycles. The minimum absolute atomic E-state index is 0.294. The molecular weight excluding hydrogens is 370 g/mol. The molecule has 4 rings (SSSR count). The van der Waals surface area contributed by atoms with Crippen LogP contribution in [0.3, 0.4) is 0 Å². The Balaban J connectivity index is 1.56.